The third kappa shape index (κ3) is 4.41. The van der Waals surface area contributed by atoms with Crippen molar-refractivity contribution in [2.45, 2.75) is 19.8 Å². The second-order valence-electron chi connectivity index (χ2n) is 5.78. The molecule has 0 saturated carbocycles. The van der Waals surface area contributed by atoms with E-state index in [1.807, 2.05) is 35.3 Å². The molecule has 0 aliphatic heterocycles. The van der Waals surface area contributed by atoms with E-state index >= 15 is 0 Å². The minimum atomic E-state index is -0.703. The molecule has 3 N–H and O–H groups in total. The highest BCUT2D eigenvalue weighted by Crippen LogP contribution is 2.21. The predicted molar refractivity (Wildman–Crippen MR) is 103 cm³/mol. The number of hydrazone groups is 1. The topological polar surface area (TPSA) is 138 Å². The fourth-order valence-electron chi connectivity index (χ4n) is 2.40. The van der Waals surface area contributed by atoms with Gasteiger partial charge in [-0.1, -0.05) is 29.8 Å². The van der Waals surface area contributed by atoms with E-state index in [9.17, 15) is 14.4 Å². The molecule has 0 bridgehead atoms. The van der Waals surface area contributed by atoms with Gasteiger partial charge in [0.25, 0.3) is 5.56 Å². The summed E-state index contributed by atoms with van der Waals surface area (Å²) in [4.78, 5) is 36.4. The first-order valence-corrected chi connectivity index (χ1v) is 8.64. The Morgan fingerprint density at radius 1 is 1.32 bits per heavy atom. The zero-order chi connectivity index (χ0) is 20.1. The number of para-hydroxylation sites is 1. The first-order valence-electron chi connectivity index (χ1n) is 8.26. The summed E-state index contributed by atoms with van der Waals surface area (Å²) < 4.78 is 1.58. The van der Waals surface area contributed by atoms with Crippen LogP contribution in [0.25, 0.3) is 5.69 Å². The van der Waals surface area contributed by atoms with E-state index in [-0.39, 0.29) is 18.5 Å². The Labute approximate surface area is 163 Å². The number of hydrogen-bond donors (Lipinski definition) is 3. The van der Waals surface area contributed by atoms with Gasteiger partial charge in [0.2, 0.25) is 5.91 Å². The standard InChI is InChI=1S/C17H16ClN7O3/c1-10-12(15(18)25(24-10)11-5-3-2-4-6-11)9-19-22-14(26)8-7-13-16(27)20-17(28)23-21-13/h2-6,9H,7-8H2,1H3,(H,22,26)(H2,20,23,27,28)/b19-9+. The lowest BCUT2D eigenvalue weighted by molar-refractivity contribution is -0.121. The molecular weight excluding hydrogens is 386 g/mol. The van der Waals surface area contributed by atoms with Crippen LogP contribution in [0.1, 0.15) is 23.4 Å². The molecule has 10 nitrogen and oxygen atoms in total. The summed E-state index contributed by atoms with van der Waals surface area (Å²) in [5.41, 5.74) is 3.11. The van der Waals surface area contributed by atoms with Crippen LogP contribution >= 0.6 is 11.6 Å². The summed E-state index contributed by atoms with van der Waals surface area (Å²) in [5, 5.41) is 14.4. The molecule has 2 heterocycles. The van der Waals surface area contributed by atoms with Gasteiger partial charge in [-0.3, -0.25) is 14.6 Å². The number of nitrogens with zero attached hydrogens (tertiary/aromatic N) is 4. The molecule has 3 aromatic rings. The zero-order valence-corrected chi connectivity index (χ0v) is 15.5. The molecule has 0 unspecified atom stereocenters. The molecule has 144 valence electrons. The third-order valence-corrected chi connectivity index (χ3v) is 4.17. The van der Waals surface area contributed by atoms with E-state index in [4.69, 9.17) is 11.6 Å². The number of amides is 1. The van der Waals surface area contributed by atoms with Crippen LogP contribution < -0.4 is 16.7 Å². The van der Waals surface area contributed by atoms with E-state index in [1.165, 1.54) is 6.21 Å². The van der Waals surface area contributed by atoms with Crippen molar-refractivity contribution in [3.63, 3.8) is 0 Å². The molecule has 28 heavy (non-hydrogen) atoms. The van der Waals surface area contributed by atoms with E-state index < -0.39 is 17.2 Å². The summed E-state index contributed by atoms with van der Waals surface area (Å²) in [6.45, 7) is 1.78. The van der Waals surface area contributed by atoms with Crippen molar-refractivity contribution in [1.82, 2.24) is 30.4 Å². The number of carbonyl (C=O) groups is 1. The van der Waals surface area contributed by atoms with Crippen molar-refractivity contribution in [3.05, 3.63) is 73.3 Å². The lowest BCUT2D eigenvalue weighted by atomic mass is 10.2. The molecule has 0 radical (unpaired) electrons. The van der Waals surface area contributed by atoms with Gasteiger partial charge in [0.15, 0.2) is 0 Å². The molecule has 0 aliphatic carbocycles. The maximum atomic E-state index is 11.9. The molecular formula is C17H16ClN7O3. The number of H-pyrrole nitrogens is 2. The van der Waals surface area contributed by atoms with Crippen molar-refractivity contribution in [1.29, 1.82) is 0 Å². The van der Waals surface area contributed by atoms with Crippen LogP contribution in [-0.4, -0.2) is 37.1 Å². The number of hydrogen-bond acceptors (Lipinski definition) is 6. The second kappa shape index (κ2) is 8.44. The Morgan fingerprint density at radius 3 is 2.79 bits per heavy atom. The van der Waals surface area contributed by atoms with Gasteiger partial charge in [-0.2, -0.15) is 15.3 Å². The van der Waals surface area contributed by atoms with Crippen LogP contribution in [-0.2, 0) is 11.2 Å². The number of aromatic amines is 2. The lowest BCUT2D eigenvalue weighted by Crippen LogP contribution is -2.28. The molecule has 0 atom stereocenters. The number of aromatic nitrogens is 5. The SMILES string of the molecule is Cc1nn(-c2ccccc2)c(Cl)c1/C=N/NC(=O)CCc1n[nH]c(=O)[nH]c1=O. The second-order valence-corrected chi connectivity index (χ2v) is 6.14. The zero-order valence-electron chi connectivity index (χ0n) is 14.8. The van der Waals surface area contributed by atoms with Crippen molar-refractivity contribution >= 4 is 23.7 Å². The molecule has 1 amide bonds. The first-order chi connectivity index (χ1) is 13.5. The number of rotatable bonds is 6. The largest absolute Gasteiger partial charge is 0.342 e. The van der Waals surface area contributed by atoms with Crippen molar-refractivity contribution in [3.8, 4) is 5.69 Å². The van der Waals surface area contributed by atoms with Crippen LogP contribution in [0.4, 0.5) is 0 Å². The minimum absolute atomic E-state index is 0.0323. The number of benzene rings is 1. The Hall–Kier alpha value is -3.53. The molecule has 0 spiro atoms. The highest BCUT2D eigenvalue weighted by Gasteiger charge is 2.13. The average Bonchev–Trinajstić information content (AvgIpc) is 2.96. The third-order valence-electron chi connectivity index (χ3n) is 3.80. The van der Waals surface area contributed by atoms with Gasteiger partial charge >= 0.3 is 5.69 Å². The van der Waals surface area contributed by atoms with Gasteiger partial charge in [0.05, 0.1) is 23.2 Å². The van der Waals surface area contributed by atoms with Gasteiger partial charge in [0, 0.05) is 12.8 Å². The highest BCUT2D eigenvalue weighted by molar-refractivity contribution is 6.32. The van der Waals surface area contributed by atoms with Crippen LogP contribution in [0, 0.1) is 6.92 Å². The lowest BCUT2D eigenvalue weighted by Gasteiger charge is -2.02. The Kier molecular flexibility index (Phi) is 5.80. The first kappa shape index (κ1) is 19.2. The summed E-state index contributed by atoms with van der Waals surface area (Å²) in [7, 11) is 0. The molecule has 2 aromatic heterocycles. The maximum Gasteiger partial charge on any atom is 0.342 e. The van der Waals surface area contributed by atoms with E-state index in [0.717, 1.165) is 5.69 Å². The van der Waals surface area contributed by atoms with Gasteiger partial charge in [-0.25, -0.2) is 20.0 Å². The van der Waals surface area contributed by atoms with E-state index in [0.29, 0.717) is 16.4 Å². The van der Waals surface area contributed by atoms with Gasteiger partial charge < -0.3 is 0 Å². The van der Waals surface area contributed by atoms with Gasteiger partial charge in [-0.05, 0) is 19.1 Å². The van der Waals surface area contributed by atoms with Crippen LogP contribution in [0.2, 0.25) is 5.15 Å². The average molecular weight is 402 g/mol. The van der Waals surface area contributed by atoms with Crippen LogP contribution in [0.3, 0.4) is 0 Å². The Morgan fingerprint density at radius 2 is 2.07 bits per heavy atom. The van der Waals surface area contributed by atoms with Gasteiger partial charge in [0.1, 0.15) is 10.8 Å². The van der Waals surface area contributed by atoms with Crippen molar-refractivity contribution in [2.75, 3.05) is 0 Å². The normalized spacial score (nSPS) is 11.1. The number of halogens is 1. The molecule has 0 saturated heterocycles. The quantitative estimate of drug-likeness (QED) is 0.412. The van der Waals surface area contributed by atoms with E-state index in [1.54, 1.807) is 11.6 Å². The smallest absolute Gasteiger partial charge is 0.273 e. The van der Waals surface area contributed by atoms with Crippen LogP contribution in [0.15, 0.2) is 45.0 Å². The molecule has 3 rings (SSSR count). The Bertz CT molecular complexity index is 1130. The maximum absolute atomic E-state index is 11.9. The molecule has 0 fully saturated rings. The molecule has 0 aliphatic rings. The fourth-order valence-corrected chi connectivity index (χ4v) is 2.72. The van der Waals surface area contributed by atoms with Gasteiger partial charge in [-0.15, -0.1) is 0 Å². The summed E-state index contributed by atoms with van der Waals surface area (Å²) in [6, 6.07) is 9.38. The summed E-state index contributed by atoms with van der Waals surface area (Å²) >= 11 is 6.37. The summed E-state index contributed by atoms with van der Waals surface area (Å²) in [6.07, 6.45) is 1.43. The molecule has 1 aromatic carbocycles. The monoisotopic (exact) mass is 401 g/mol. The Balaban J connectivity index is 1.63. The van der Waals surface area contributed by atoms with Crippen LogP contribution in [0.5, 0.6) is 0 Å². The predicted octanol–water partition coefficient (Wildman–Crippen LogP) is 0.689. The number of carbonyl (C=O) groups excluding carboxylic acids is 1. The fraction of sp³-hybridized carbons (Fsp3) is 0.176. The number of nitrogens with one attached hydrogen (secondary N) is 3. The van der Waals surface area contributed by atoms with E-state index in [2.05, 4.69) is 25.8 Å². The summed E-state index contributed by atoms with van der Waals surface area (Å²) in [5.74, 6) is -0.423. The van der Waals surface area contributed by atoms with Crippen molar-refractivity contribution < 1.29 is 4.79 Å². The molecule has 11 heteroatoms. The highest BCUT2D eigenvalue weighted by atomic mass is 35.5. The minimum Gasteiger partial charge on any atom is -0.273 e. The number of aryl methyl sites for hydroxylation is 2. The van der Waals surface area contributed by atoms with Crippen molar-refractivity contribution in [2.24, 2.45) is 5.10 Å².